The number of halogens is 2. The Hall–Kier alpha value is -0.100. The first kappa shape index (κ1) is 14.3. The largest absolute Gasteiger partial charge is 0.351 e. The summed E-state index contributed by atoms with van der Waals surface area (Å²) in [7, 11) is 0. The number of nitrogens with one attached hydrogen (secondary N) is 1. The first-order valence-electron chi connectivity index (χ1n) is 6.23. The number of carbonyl (C=O) groups excluding carboxylic acids is 1. The van der Waals surface area contributed by atoms with Crippen molar-refractivity contribution in [3.63, 3.8) is 0 Å². The second-order valence-corrected chi connectivity index (χ2v) is 7.42. The lowest BCUT2D eigenvalue weighted by Crippen LogP contribution is -2.34. The smallest absolute Gasteiger partial charge is 0.252 e. The van der Waals surface area contributed by atoms with E-state index in [4.69, 9.17) is 0 Å². The van der Waals surface area contributed by atoms with E-state index in [-0.39, 0.29) is 5.91 Å². The molecule has 2 rings (SSSR count). The van der Waals surface area contributed by atoms with E-state index in [1.807, 2.05) is 18.2 Å². The van der Waals surface area contributed by atoms with E-state index < -0.39 is 0 Å². The van der Waals surface area contributed by atoms with Gasteiger partial charge in [-0.2, -0.15) is 0 Å². The van der Waals surface area contributed by atoms with Gasteiger partial charge in [0.2, 0.25) is 0 Å². The Labute approximate surface area is 130 Å². The highest BCUT2D eigenvalue weighted by atomic mass is 127. The lowest BCUT2D eigenvalue weighted by molar-refractivity contribution is 0.0933. The van der Waals surface area contributed by atoms with E-state index in [1.165, 1.54) is 25.7 Å². The van der Waals surface area contributed by atoms with Gasteiger partial charge in [0.1, 0.15) is 0 Å². The summed E-state index contributed by atoms with van der Waals surface area (Å²) in [4.78, 5) is 12.2. The molecule has 1 aliphatic carbocycles. The zero-order valence-electron chi connectivity index (χ0n) is 10.4. The van der Waals surface area contributed by atoms with Crippen LogP contribution in [0.15, 0.2) is 22.7 Å². The molecular weight excluding hydrogens is 405 g/mol. The Morgan fingerprint density at radius 1 is 1.44 bits per heavy atom. The molecule has 0 saturated heterocycles. The van der Waals surface area contributed by atoms with Crippen molar-refractivity contribution in [1.82, 2.24) is 5.32 Å². The summed E-state index contributed by atoms with van der Waals surface area (Å²) in [6, 6.07) is 5.82. The SMILES string of the molecule is CC1(CNC(=O)c2cc(I)ccc2Br)CCCC1. The summed E-state index contributed by atoms with van der Waals surface area (Å²) in [6.07, 6.45) is 5.03. The van der Waals surface area contributed by atoms with Crippen LogP contribution < -0.4 is 5.32 Å². The molecule has 1 saturated carbocycles. The zero-order chi connectivity index (χ0) is 13.2. The van der Waals surface area contributed by atoms with Gasteiger partial charge >= 0.3 is 0 Å². The van der Waals surface area contributed by atoms with Gasteiger partial charge in [-0.15, -0.1) is 0 Å². The van der Waals surface area contributed by atoms with E-state index in [0.29, 0.717) is 5.41 Å². The average molecular weight is 422 g/mol. The van der Waals surface area contributed by atoms with Gasteiger partial charge in [0.15, 0.2) is 0 Å². The van der Waals surface area contributed by atoms with Crippen molar-refractivity contribution in [3.8, 4) is 0 Å². The van der Waals surface area contributed by atoms with Gasteiger partial charge in [0, 0.05) is 14.6 Å². The second kappa shape index (κ2) is 5.90. The highest BCUT2D eigenvalue weighted by Gasteiger charge is 2.29. The molecule has 1 aliphatic rings. The van der Waals surface area contributed by atoms with Crippen molar-refractivity contribution in [2.24, 2.45) is 5.41 Å². The Bertz CT molecular complexity index is 455. The van der Waals surface area contributed by atoms with Crippen molar-refractivity contribution < 1.29 is 4.79 Å². The molecule has 0 atom stereocenters. The lowest BCUT2D eigenvalue weighted by atomic mass is 9.89. The summed E-state index contributed by atoms with van der Waals surface area (Å²) in [5, 5.41) is 3.08. The maximum Gasteiger partial charge on any atom is 0.252 e. The Morgan fingerprint density at radius 2 is 2.11 bits per heavy atom. The molecule has 1 aromatic rings. The van der Waals surface area contributed by atoms with E-state index in [9.17, 15) is 4.79 Å². The van der Waals surface area contributed by atoms with Crippen LogP contribution in [0.2, 0.25) is 0 Å². The van der Waals surface area contributed by atoms with Crippen molar-refractivity contribution in [2.45, 2.75) is 32.6 Å². The molecule has 0 unspecified atom stereocenters. The van der Waals surface area contributed by atoms with E-state index in [0.717, 1.165) is 20.2 Å². The summed E-state index contributed by atoms with van der Waals surface area (Å²) in [6.45, 7) is 3.05. The molecule has 0 heterocycles. The Kier molecular flexibility index (Phi) is 4.69. The van der Waals surface area contributed by atoms with Crippen LogP contribution in [-0.2, 0) is 0 Å². The van der Waals surface area contributed by atoms with Gasteiger partial charge in [-0.1, -0.05) is 19.8 Å². The maximum atomic E-state index is 12.2. The topological polar surface area (TPSA) is 29.1 Å². The fourth-order valence-corrected chi connectivity index (χ4v) is 3.38. The van der Waals surface area contributed by atoms with Crippen LogP contribution in [-0.4, -0.2) is 12.5 Å². The Balaban J connectivity index is 2.01. The number of rotatable bonds is 3. The first-order chi connectivity index (χ1) is 8.50. The van der Waals surface area contributed by atoms with Crippen LogP contribution >= 0.6 is 38.5 Å². The van der Waals surface area contributed by atoms with Crippen LogP contribution in [0.25, 0.3) is 0 Å². The van der Waals surface area contributed by atoms with Crippen molar-refractivity contribution >= 4 is 44.4 Å². The van der Waals surface area contributed by atoms with Crippen LogP contribution in [0, 0.1) is 8.99 Å². The third-order valence-corrected chi connectivity index (χ3v) is 5.02. The van der Waals surface area contributed by atoms with Crippen molar-refractivity contribution in [2.75, 3.05) is 6.54 Å². The quantitative estimate of drug-likeness (QED) is 0.721. The molecule has 0 aromatic heterocycles. The molecule has 1 N–H and O–H groups in total. The van der Waals surface area contributed by atoms with E-state index >= 15 is 0 Å². The molecule has 98 valence electrons. The predicted molar refractivity (Wildman–Crippen MR) is 85.8 cm³/mol. The molecule has 0 bridgehead atoms. The van der Waals surface area contributed by atoms with E-state index in [2.05, 4.69) is 50.8 Å². The minimum absolute atomic E-state index is 0.0218. The van der Waals surface area contributed by atoms with Gasteiger partial charge in [0.25, 0.3) is 5.91 Å². The highest BCUT2D eigenvalue weighted by Crippen LogP contribution is 2.36. The normalized spacial score (nSPS) is 17.7. The third-order valence-electron chi connectivity index (χ3n) is 3.66. The molecule has 0 spiro atoms. The van der Waals surface area contributed by atoms with Gasteiger partial charge in [-0.05, 0) is 75.0 Å². The van der Waals surface area contributed by atoms with Gasteiger partial charge in [0.05, 0.1) is 5.56 Å². The fraction of sp³-hybridized carbons (Fsp3) is 0.500. The molecule has 1 fully saturated rings. The average Bonchev–Trinajstić information content (AvgIpc) is 2.77. The number of hydrogen-bond donors (Lipinski definition) is 1. The molecule has 0 radical (unpaired) electrons. The molecule has 4 heteroatoms. The molecule has 1 aromatic carbocycles. The summed E-state index contributed by atoms with van der Waals surface area (Å²) >= 11 is 5.66. The minimum atomic E-state index is 0.0218. The van der Waals surface area contributed by atoms with Gasteiger partial charge in [-0.3, -0.25) is 4.79 Å². The van der Waals surface area contributed by atoms with Crippen LogP contribution in [0.4, 0.5) is 0 Å². The van der Waals surface area contributed by atoms with Gasteiger partial charge < -0.3 is 5.32 Å². The fourth-order valence-electron chi connectivity index (χ4n) is 2.47. The van der Waals surface area contributed by atoms with Crippen LogP contribution in [0.3, 0.4) is 0 Å². The molecule has 0 aliphatic heterocycles. The standard InChI is InChI=1S/C14H17BrINO/c1-14(6-2-3-7-14)9-17-13(18)11-8-10(16)4-5-12(11)15/h4-5,8H,2-3,6-7,9H2,1H3,(H,17,18). The van der Waals surface area contributed by atoms with Crippen LogP contribution in [0.1, 0.15) is 43.0 Å². The van der Waals surface area contributed by atoms with Crippen LogP contribution in [0.5, 0.6) is 0 Å². The highest BCUT2D eigenvalue weighted by molar-refractivity contribution is 14.1. The van der Waals surface area contributed by atoms with Crippen molar-refractivity contribution in [3.05, 3.63) is 31.8 Å². The number of hydrogen-bond acceptors (Lipinski definition) is 1. The minimum Gasteiger partial charge on any atom is -0.351 e. The second-order valence-electron chi connectivity index (χ2n) is 5.32. The molecule has 1 amide bonds. The first-order valence-corrected chi connectivity index (χ1v) is 8.11. The third kappa shape index (κ3) is 3.47. The van der Waals surface area contributed by atoms with Crippen molar-refractivity contribution in [1.29, 1.82) is 0 Å². The maximum absolute atomic E-state index is 12.2. The lowest BCUT2D eigenvalue weighted by Gasteiger charge is -2.23. The number of amides is 1. The molecule has 2 nitrogen and oxygen atoms in total. The van der Waals surface area contributed by atoms with E-state index in [1.54, 1.807) is 0 Å². The summed E-state index contributed by atoms with van der Waals surface area (Å²) in [5.74, 6) is 0.0218. The molecule has 18 heavy (non-hydrogen) atoms. The monoisotopic (exact) mass is 421 g/mol. The predicted octanol–water partition coefficient (Wildman–Crippen LogP) is 4.36. The zero-order valence-corrected chi connectivity index (χ0v) is 14.2. The Morgan fingerprint density at radius 3 is 2.78 bits per heavy atom. The van der Waals surface area contributed by atoms with Gasteiger partial charge in [-0.25, -0.2) is 0 Å². The summed E-state index contributed by atoms with van der Waals surface area (Å²) in [5.41, 5.74) is 1.02. The summed E-state index contributed by atoms with van der Waals surface area (Å²) < 4.78 is 1.94. The number of benzene rings is 1. The number of carbonyl (C=O) groups is 1. The molecular formula is C14H17BrINO.